The van der Waals surface area contributed by atoms with Crippen molar-refractivity contribution in [2.75, 3.05) is 0 Å². The van der Waals surface area contributed by atoms with E-state index < -0.39 is 0 Å². The average molecular weight is 253 g/mol. The third-order valence-corrected chi connectivity index (χ3v) is 3.22. The van der Waals surface area contributed by atoms with E-state index in [0.29, 0.717) is 17.4 Å². The minimum atomic E-state index is -0.0204. The molecule has 1 aromatic rings. The van der Waals surface area contributed by atoms with Crippen molar-refractivity contribution in [1.29, 1.82) is 0 Å². The van der Waals surface area contributed by atoms with Gasteiger partial charge in [-0.15, -0.1) is 0 Å². The molecular weight excluding hydrogens is 234 g/mol. The Morgan fingerprint density at radius 3 is 2.76 bits per heavy atom. The van der Waals surface area contributed by atoms with Crippen LogP contribution in [-0.4, -0.2) is 21.5 Å². The van der Waals surface area contributed by atoms with E-state index in [1.807, 2.05) is 10.8 Å². The maximum Gasteiger partial charge on any atom is 0.240 e. The van der Waals surface area contributed by atoms with Crippen molar-refractivity contribution in [2.24, 2.45) is 0 Å². The van der Waals surface area contributed by atoms with E-state index in [4.69, 9.17) is 12.2 Å². The first-order valence-corrected chi connectivity index (χ1v) is 6.37. The molecule has 1 aliphatic rings. The fourth-order valence-corrected chi connectivity index (χ4v) is 2.04. The van der Waals surface area contributed by atoms with Crippen LogP contribution in [0, 0.1) is 4.77 Å². The molecule has 2 N–H and O–H groups in total. The Morgan fingerprint density at radius 2 is 2.24 bits per heavy atom. The van der Waals surface area contributed by atoms with Crippen LogP contribution in [-0.2, 0) is 16.8 Å². The van der Waals surface area contributed by atoms with Crippen molar-refractivity contribution >= 4 is 18.1 Å². The Hall–Kier alpha value is -1.10. The molecule has 1 amide bonds. The van der Waals surface area contributed by atoms with Gasteiger partial charge in [-0.05, 0) is 25.1 Å². The van der Waals surface area contributed by atoms with E-state index in [9.17, 15) is 4.79 Å². The number of carbonyl (C=O) groups excluding carboxylic acids is 1. The van der Waals surface area contributed by atoms with E-state index in [-0.39, 0.29) is 11.3 Å². The highest BCUT2D eigenvalue weighted by Gasteiger charge is 2.25. The van der Waals surface area contributed by atoms with Gasteiger partial charge in [0.15, 0.2) is 4.77 Å². The van der Waals surface area contributed by atoms with Crippen LogP contribution < -0.4 is 5.32 Å². The number of hydrogen-bond acceptors (Lipinski definition) is 2. The second-order valence-electron chi connectivity index (χ2n) is 5.66. The summed E-state index contributed by atoms with van der Waals surface area (Å²) in [7, 11) is 0. The predicted octanol–water partition coefficient (Wildman–Crippen LogP) is 2.12. The van der Waals surface area contributed by atoms with Gasteiger partial charge in [0, 0.05) is 23.3 Å². The first-order chi connectivity index (χ1) is 7.88. The van der Waals surface area contributed by atoms with E-state index >= 15 is 0 Å². The molecule has 1 aliphatic carbocycles. The molecule has 0 aromatic carbocycles. The molecule has 4 nitrogen and oxygen atoms in total. The fourth-order valence-electron chi connectivity index (χ4n) is 1.82. The quantitative estimate of drug-likeness (QED) is 0.811. The van der Waals surface area contributed by atoms with Gasteiger partial charge in [-0.25, -0.2) is 0 Å². The highest BCUT2D eigenvalue weighted by atomic mass is 32.1. The van der Waals surface area contributed by atoms with Crippen LogP contribution in [0.15, 0.2) is 6.20 Å². The molecule has 0 saturated heterocycles. The highest BCUT2D eigenvalue weighted by Crippen LogP contribution is 2.22. The lowest BCUT2D eigenvalue weighted by Crippen LogP contribution is -2.31. The van der Waals surface area contributed by atoms with Gasteiger partial charge in [-0.2, -0.15) is 0 Å². The van der Waals surface area contributed by atoms with Crippen molar-refractivity contribution in [3.05, 3.63) is 16.7 Å². The molecular formula is C12H19N3OS. The second-order valence-corrected chi connectivity index (χ2v) is 6.04. The van der Waals surface area contributed by atoms with Crippen LogP contribution in [0.25, 0.3) is 0 Å². The molecule has 94 valence electrons. The maximum atomic E-state index is 11.8. The van der Waals surface area contributed by atoms with Crippen molar-refractivity contribution < 1.29 is 4.79 Å². The lowest BCUT2D eigenvalue weighted by molar-refractivity contribution is -0.121. The molecule has 1 heterocycles. The zero-order chi connectivity index (χ0) is 12.6. The van der Waals surface area contributed by atoms with E-state index in [2.05, 4.69) is 31.1 Å². The molecule has 0 bridgehead atoms. The Kier molecular flexibility index (Phi) is 3.12. The van der Waals surface area contributed by atoms with Crippen LogP contribution in [0.5, 0.6) is 0 Å². The number of H-pyrrole nitrogens is 1. The van der Waals surface area contributed by atoms with Gasteiger partial charge in [-0.3, -0.25) is 4.79 Å². The van der Waals surface area contributed by atoms with Gasteiger partial charge in [0.25, 0.3) is 0 Å². The maximum absolute atomic E-state index is 11.8. The Bertz CT molecular complexity index is 477. The molecule has 1 saturated carbocycles. The van der Waals surface area contributed by atoms with Crippen LogP contribution in [0.4, 0.5) is 0 Å². The van der Waals surface area contributed by atoms with Gasteiger partial charge in [0.1, 0.15) is 6.54 Å². The molecule has 0 unspecified atom stereocenters. The smallest absolute Gasteiger partial charge is 0.240 e. The van der Waals surface area contributed by atoms with Crippen molar-refractivity contribution in [3.8, 4) is 0 Å². The highest BCUT2D eigenvalue weighted by molar-refractivity contribution is 7.71. The third kappa shape index (κ3) is 2.97. The summed E-state index contributed by atoms with van der Waals surface area (Å²) >= 11 is 5.22. The number of imidazole rings is 1. The zero-order valence-electron chi connectivity index (χ0n) is 10.5. The van der Waals surface area contributed by atoms with Gasteiger partial charge < -0.3 is 14.9 Å². The largest absolute Gasteiger partial charge is 0.352 e. The minimum Gasteiger partial charge on any atom is -0.352 e. The average Bonchev–Trinajstić information content (AvgIpc) is 2.90. The normalized spacial score (nSPS) is 15.9. The monoisotopic (exact) mass is 253 g/mol. The number of nitrogens with zero attached hydrogens (tertiary/aromatic N) is 1. The number of carbonyl (C=O) groups is 1. The number of aromatic nitrogens is 2. The summed E-state index contributed by atoms with van der Waals surface area (Å²) in [5, 5.41) is 2.98. The molecule has 0 aliphatic heterocycles. The Balaban J connectivity index is 2.16. The number of aromatic amines is 1. The summed E-state index contributed by atoms with van der Waals surface area (Å²) in [4.78, 5) is 14.8. The molecule has 5 heteroatoms. The molecule has 1 fully saturated rings. The molecule has 1 aromatic heterocycles. The fraction of sp³-hybridized carbons (Fsp3) is 0.667. The molecule has 0 atom stereocenters. The molecule has 0 spiro atoms. The number of amides is 1. The summed E-state index contributed by atoms with van der Waals surface area (Å²) in [6.45, 7) is 6.65. The van der Waals surface area contributed by atoms with Crippen LogP contribution in [0.2, 0.25) is 0 Å². The zero-order valence-corrected chi connectivity index (χ0v) is 11.4. The van der Waals surface area contributed by atoms with Crippen LogP contribution in [0.3, 0.4) is 0 Å². The second kappa shape index (κ2) is 4.29. The SMILES string of the molecule is CC(C)(C)c1c[nH]c(=S)n1CC(=O)NC1CC1. The van der Waals surface area contributed by atoms with Gasteiger partial charge in [-0.1, -0.05) is 20.8 Å². The lowest BCUT2D eigenvalue weighted by atomic mass is 9.92. The van der Waals surface area contributed by atoms with Crippen LogP contribution in [0.1, 0.15) is 39.3 Å². The van der Waals surface area contributed by atoms with Crippen molar-refractivity contribution in [1.82, 2.24) is 14.9 Å². The first kappa shape index (κ1) is 12.4. The first-order valence-electron chi connectivity index (χ1n) is 5.96. The topological polar surface area (TPSA) is 49.8 Å². The summed E-state index contributed by atoms with van der Waals surface area (Å²) < 4.78 is 2.49. The van der Waals surface area contributed by atoms with E-state index in [1.165, 1.54) is 0 Å². The van der Waals surface area contributed by atoms with Crippen molar-refractivity contribution in [3.63, 3.8) is 0 Å². The number of nitrogens with one attached hydrogen (secondary N) is 2. The van der Waals surface area contributed by atoms with Crippen LogP contribution >= 0.6 is 12.2 Å². The van der Waals surface area contributed by atoms with Crippen molar-refractivity contribution in [2.45, 2.75) is 51.6 Å². The van der Waals surface area contributed by atoms with Gasteiger partial charge >= 0.3 is 0 Å². The molecule has 0 radical (unpaired) electrons. The number of rotatable bonds is 3. The number of hydrogen-bond donors (Lipinski definition) is 2. The lowest BCUT2D eigenvalue weighted by Gasteiger charge is -2.20. The molecule has 17 heavy (non-hydrogen) atoms. The Morgan fingerprint density at radius 1 is 1.59 bits per heavy atom. The summed E-state index contributed by atoms with van der Waals surface area (Å²) in [5.41, 5.74) is 1.04. The summed E-state index contributed by atoms with van der Waals surface area (Å²) in [6.07, 6.45) is 4.11. The van der Waals surface area contributed by atoms with E-state index in [0.717, 1.165) is 18.5 Å². The standard InChI is InChI=1S/C12H19N3OS/c1-12(2,3)9-6-13-11(17)15(9)7-10(16)14-8-4-5-8/h6,8H,4-5,7H2,1-3H3,(H,13,17)(H,14,16). The molecule has 2 rings (SSSR count). The minimum absolute atomic E-state index is 0.0204. The third-order valence-electron chi connectivity index (χ3n) is 2.88. The van der Waals surface area contributed by atoms with Gasteiger partial charge in [0.2, 0.25) is 5.91 Å². The summed E-state index contributed by atoms with van der Waals surface area (Å²) in [6, 6.07) is 0.397. The Labute approximate surface area is 106 Å². The summed E-state index contributed by atoms with van der Waals surface area (Å²) in [5.74, 6) is 0.0497. The van der Waals surface area contributed by atoms with E-state index in [1.54, 1.807) is 0 Å². The van der Waals surface area contributed by atoms with Gasteiger partial charge in [0.05, 0.1) is 0 Å². The predicted molar refractivity (Wildman–Crippen MR) is 69.5 cm³/mol.